The zero-order valence-electron chi connectivity index (χ0n) is 33.4. The Morgan fingerprint density at radius 3 is 1.56 bits per heavy atom. The van der Waals surface area contributed by atoms with E-state index in [4.69, 9.17) is 42.6 Å². The molecule has 0 saturated carbocycles. The van der Waals surface area contributed by atoms with Crippen molar-refractivity contribution >= 4 is 36.1 Å². The highest BCUT2D eigenvalue weighted by Gasteiger charge is 2.61. The van der Waals surface area contributed by atoms with Gasteiger partial charge in [0.1, 0.15) is 43.7 Å². The maximum atomic E-state index is 13.3. The van der Waals surface area contributed by atoms with Crippen LogP contribution < -0.4 is 14.2 Å². The molecule has 9 atom stereocenters. The van der Waals surface area contributed by atoms with Gasteiger partial charge in [0.2, 0.25) is 12.1 Å². The van der Waals surface area contributed by atoms with E-state index in [1.165, 1.54) is 94.2 Å². The summed E-state index contributed by atoms with van der Waals surface area (Å²) in [6.45, 7) is -2.87. The molecule has 0 spiro atoms. The molecule has 0 aromatic heterocycles. The number of ether oxygens (including phenoxy) is 9. The van der Waals surface area contributed by atoms with Gasteiger partial charge in [-0.2, -0.15) is 0 Å². The third kappa shape index (κ3) is 11.2. The van der Waals surface area contributed by atoms with Gasteiger partial charge in [0.25, 0.3) is 0 Å². The second-order valence-electron chi connectivity index (χ2n) is 13.6. The SMILES string of the molecule is COc1cc(/C=C/C(=O)OC[C@H]2O[C@@](CO)(O[C@@H]3O[C@H](CO)[C@@H](O)[C@H](O)[C@H]3OC(=O)/C=C/c3ccc(O)c(OC)c3)[C@@H](OC(=O)/C=C/c3ccc(O)c(OC)c3)[C@@H]2O)ccc1O. The van der Waals surface area contributed by atoms with Crippen molar-refractivity contribution in [2.24, 2.45) is 0 Å². The van der Waals surface area contributed by atoms with Crippen LogP contribution in [-0.4, -0.2) is 155 Å². The van der Waals surface area contributed by atoms with E-state index in [0.29, 0.717) is 16.7 Å². The summed E-state index contributed by atoms with van der Waals surface area (Å²) < 4.78 is 49.1. The first-order valence-electron chi connectivity index (χ1n) is 18.7. The second-order valence-corrected chi connectivity index (χ2v) is 13.6. The third-order valence-corrected chi connectivity index (χ3v) is 9.57. The minimum atomic E-state index is -2.64. The lowest BCUT2D eigenvalue weighted by Gasteiger charge is -2.44. The minimum absolute atomic E-state index is 0.0927. The van der Waals surface area contributed by atoms with Gasteiger partial charge in [0, 0.05) is 18.2 Å². The summed E-state index contributed by atoms with van der Waals surface area (Å²) in [6, 6.07) is 12.6. The third-order valence-electron chi connectivity index (χ3n) is 9.57. The summed E-state index contributed by atoms with van der Waals surface area (Å²) in [5.74, 6) is -5.99. The van der Waals surface area contributed by atoms with Gasteiger partial charge in [0.05, 0.1) is 27.9 Å². The molecule has 3 aromatic rings. The Morgan fingerprint density at radius 1 is 0.645 bits per heavy atom. The molecular formula is C42H46O20. The number of methoxy groups -OCH3 is 3. The summed E-state index contributed by atoms with van der Waals surface area (Å²) in [6.07, 6.45) is -8.16. The monoisotopic (exact) mass is 870 g/mol. The molecule has 3 aromatic carbocycles. The van der Waals surface area contributed by atoms with Crippen LogP contribution >= 0.6 is 0 Å². The van der Waals surface area contributed by atoms with E-state index < -0.39 is 92.5 Å². The lowest BCUT2D eigenvalue weighted by Crippen LogP contribution is -2.64. The van der Waals surface area contributed by atoms with Crippen molar-refractivity contribution in [3.05, 3.63) is 89.5 Å². The zero-order chi connectivity index (χ0) is 45.1. The highest BCUT2D eigenvalue weighted by Crippen LogP contribution is 2.39. The van der Waals surface area contributed by atoms with Crippen molar-refractivity contribution in [3.8, 4) is 34.5 Å². The number of aliphatic hydroxyl groups excluding tert-OH is 5. The van der Waals surface area contributed by atoms with Crippen LogP contribution in [0.4, 0.5) is 0 Å². The van der Waals surface area contributed by atoms with Gasteiger partial charge in [-0.15, -0.1) is 0 Å². The van der Waals surface area contributed by atoms with E-state index in [0.717, 1.165) is 18.2 Å². The number of rotatable bonds is 17. The van der Waals surface area contributed by atoms with E-state index >= 15 is 0 Å². The fraction of sp³-hybridized carbons (Fsp3) is 0.357. The van der Waals surface area contributed by atoms with Crippen LogP contribution in [0.25, 0.3) is 18.2 Å². The second kappa shape index (κ2) is 21.0. The highest BCUT2D eigenvalue weighted by atomic mass is 16.8. The molecule has 8 N–H and O–H groups in total. The van der Waals surface area contributed by atoms with Gasteiger partial charge in [-0.3, -0.25) is 0 Å². The van der Waals surface area contributed by atoms with E-state index in [1.807, 2.05) is 0 Å². The number of phenolic OH excluding ortho intramolecular Hbond substituents is 3. The number of esters is 3. The summed E-state index contributed by atoms with van der Waals surface area (Å²) in [5.41, 5.74) is 1.19. The van der Waals surface area contributed by atoms with Crippen LogP contribution in [0.1, 0.15) is 16.7 Å². The van der Waals surface area contributed by atoms with E-state index in [9.17, 15) is 55.2 Å². The first-order chi connectivity index (χ1) is 29.6. The van der Waals surface area contributed by atoms with Crippen molar-refractivity contribution < 1.29 is 97.9 Å². The molecule has 0 unspecified atom stereocenters. The molecule has 0 bridgehead atoms. The first kappa shape index (κ1) is 46.8. The van der Waals surface area contributed by atoms with Crippen molar-refractivity contribution in [2.75, 3.05) is 41.2 Å². The molecule has 334 valence electrons. The summed E-state index contributed by atoms with van der Waals surface area (Å²) in [7, 11) is 3.98. The molecule has 2 heterocycles. The van der Waals surface area contributed by atoms with Crippen LogP contribution in [0.5, 0.6) is 34.5 Å². The molecule has 0 amide bonds. The Hall–Kier alpha value is -6.23. The number of aromatic hydroxyl groups is 3. The average molecular weight is 871 g/mol. The van der Waals surface area contributed by atoms with Crippen LogP contribution in [0.15, 0.2) is 72.8 Å². The standard InChI is InChI=1S/C42H46O20/c1-54-28-16-22(4-10-25(28)45)7-13-33(48)57-20-32-37(52)40(60-35(50)15-9-24-6-12-27(47)30(18-24)56-3)42(21-44,61-32)62-41-39(38(53)36(51)31(19-43)58-41)59-34(49)14-8-23-5-11-26(46)29(17-23)55-2/h4-18,31-32,36-41,43-47,51-53H,19-21H2,1-3H3/b13-7+,14-8+,15-9+/t31-,32-,36-,37-,38+,39-,40+,41+,42+/m1/s1. The summed E-state index contributed by atoms with van der Waals surface area (Å²) >= 11 is 0. The Bertz CT molecular complexity index is 2130. The number of carbonyl (C=O) groups is 3. The highest BCUT2D eigenvalue weighted by molar-refractivity contribution is 5.88. The predicted molar refractivity (Wildman–Crippen MR) is 211 cm³/mol. The molecule has 20 heteroatoms. The molecule has 2 fully saturated rings. The van der Waals surface area contributed by atoms with E-state index in [2.05, 4.69) is 0 Å². The van der Waals surface area contributed by atoms with Gasteiger partial charge in [-0.25, -0.2) is 14.4 Å². The van der Waals surface area contributed by atoms with E-state index in [-0.39, 0.29) is 34.5 Å². The molecule has 62 heavy (non-hydrogen) atoms. The molecular weight excluding hydrogens is 824 g/mol. The Morgan fingerprint density at radius 2 is 1.11 bits per heavy atom. The number of aliphatic hydroxyl groups is 5. The van der Waals surface area contributed by atoms with Gasteiger partial charge in [0.15, 0.2) is 46.7 Å². The lowest BCUT2D eigenvalue weighted by molar-refractivity contribution is -0.383. The van der Waals surface area contributed by atoms with Crippen molar-refractivity contribution in [3.63, 3.8) is 0 Å². The minimum Gasteiger partial charge on any atom is -0.504 e. The molecule has 20 nitrogen and oxygen atoms in total. The van der Waals surface area contributed by atoms with Crippen molar-refractivity contribution in [1.29, 1.82) is 0 Å². The number of hydrogen-bond donors (Lipinski definition) is 8. The summed E-state index contributed by atoms with van der Waals surface area (Å²) in [4.78, 5) is 39.2. The summed E-state index contributed by atoms with van der Waals surface area (Å²) in [5, 5.41) is 83.9. The van der Waals surface area contributed by atoms with Crippen LogP contribution in [-0.2, 0) is 42.8 Å². The Balaban J connectivity index is 1.41. The first-order valence-corrected chi connectivity index (χ1v) is 18.7. The van der Waals surface area contributed by atoms with E-state index in [1.54, 1.807) is 0 Å². The maximum absolute atomic E-state index is 13.3. The van der Waals surface area contributed by atoms with Gasteiger partial charge in [-0.1, -0.05) is 18.2 Å². The molecule has 2 saturated heterocycles. The maximum Gasteiger partial charge on any atom is 0.331 e. The quantitative estimate of drug-likeness (QED) is 0.0522. The zero-order valence-corrected chi connectivity index (χ0v) is 33.4. The number of hydrogen-bond acceptors (Lipinski definition) is 20. The number of carbonyl (C=O) groups excluding carboxylic acids is 3. The normalized spacial score (nSPS) is 26.1. The van der Waals surface area contributed by atoms with Crippen LogP contribution in [0.2, 0.25) is 0 Å². The van der Waals surface area contributed by atoms with Gasteiger partial charge in [-0.05, 0) is 71.3 Å². The van der Waals surface area contributed by atoms with Crippen molar-refractivity contribution in [1.82, 2.24) is 0 Å². The topological polar surface area (TPSA) is 296 Å². The smallest absolute Gasteiger partial charge is 0.331 e. The Labute approximate surface area is 353 Å². The number of phenols is 3. The van der Waals surface area contributed by atoms with Gasteiger partial charge < -0.3 is 83.5 Å². The molecule has 0 aliphatic carbocycles. The van der Waals surface area contributed by atoms with Crippen LogP contribution in [0.3, 0.4) is 0 Å². The fourth-order valence-electron chi connectivity index (χ4n) is 6.31. The molecule has 2 aliphatic heterocycles. The molecule has 0 radical (unpaired) electrons. The Kier molecular flexibility index (Phi) is 15.9. The van der Waals surface area contributed by atoms with Gasteiger partial charge >= 0.3 is 17.9 Å². The van der Waals surface area contributed by atoms with Crippen LogP contribution in [0, 0.1) is 0 Å². The molecule has 5 rings (SSSR count). The largest absolute Gasteiger partial charge is 0.504 e. The average Bonchev–Trinajstić information content (AvgIpc) is 3.53. The molecule has 2 aliphatic rings. The van der Waals surface area contributed by atoms with Crippen molar-refractivity contribution in [2.45, 2.75) is 54.8 Å². The number of benzene rings is 3. The fourth-order valence-corrected chi connectivity index (χ4v) is 6.31. The lowest BCUT2D eigenvalue weighted by atomic mass is 9.98. The predicted octanol–water partition coefficient (Wildman–Crippen LogP) is 0.540.